The molecule has 1 amide bonds. The van der Waals surface area contributed by atoms with Crippen LogP contribution in [0.2, 0.25) is 0 Å². The van der Waals surface area contributed by atoms with Crippen LogP contribution in [0.15, 0.2) is 48.5 Å². The largest absolute Gasteiger partial charge is 0.397 e. The molecule has 5 N–H and O–H groups in total. The fraction of sp³-hybridized carbons (Fsp3) is 0.235. The number of carbonyl (C=O) groups excluding carboxylic acids is 1. The van der Waals surface area contributed by atoms with E-state index in [0.717, 1.165) is 25.2 Å². The van der Waals surface area contributed by atoms with Crippen molar-refractivity contribution in [2.75, 3.05) is 29.5 Å². The lowest BCUT2D eigenvalue weighted by Crippen LogP contribution is -2.22. The van der Waals surface area contributed by atoms with Crippen molar-refractivity contribution < 1.29 is 4.79 Å². The predicted octanol–water partition coefficient (Wildman–Crippen LogP) is 2.29. The number of hydrogen-bond acceptors (Lipinski definition) is 4. The molecule has 2 aromatic carbocycles. The van der Waals surface area contributed by atoms with Gasteiger partial charge in [-0.3, -0.25) is 4.79 Å². The van der Waals surface area contributed by atoms with Gasteiger partial charge in [0.1, 0.15) is 0 Å². The number of rotatable bonds is 4. The number of para-hydroxylation sites is 2. The molecule has 3 rings (SSSR count). The van der Waals surface area contributed by atoms with Crippen LogP contribution in [0.25, 0.3) is 0 Å². The standard InChI is InChI=1S/C17H20N4O/c18-15-3-1-2-4-16(15)21-17(22)12-5-7-13(8-6-12)20-14-9-10-19-11-14/h1-8,14,19-20H,9-11,18H2,(H,21,22)/t14-/m0/s1. The first-order valence-corrected chi connectivity index (χ1v) is 7.45. The minimum Gasteiger partial charge on any atom is -0.397 e. The molecule has 1 fully saturated rings. The summed E-state index contributed by atoms with van der Waals surface area (Å²) in [5.74, 6) is -0.160. The number of nitrogen functional groups attached to an aromatic ring is 1. The summed E-state index contributed by atoms with van der Waals surface area (Å²) in [6, 6.07) is 15.2. The number of nitrogens with one attached hydrogen (secondary N) is 3. The highest BCUT2D eigenvalue weighted by molar-refractivity contribution is 6.05. The SMILES string of the molecule is Nc1ccccc1NC(=O)c1ccc(N[C@H]2CCNC2)cc1. The van der Waals surface area contributed by atoms with Crippen LogP contribution in [-0.2, 0) is 0 Å². The second-order valence-electron chi connectivity index (χ2n) is 5.45. The summed E-state index contributed by atoms with van der Waals surface area (Å²) < 4.78 is 0. The van der Waals surface area contributed by atoms with Crippen molar-refractivity contribution in [3.8, 4) is 0 Å². The van der Waals surface area contributed by atoms with Crippen LogP contribution < -0.4 is 21.7 Å². The van der Waals surface area contributed by atoms with Crippen LogP contribution in [0.3, 0.4) is 0 Å². The molecule has 22 heavy (non-hydrogen) atoms. The first-order valence-electron chi connectivity index (χ1n) is 7.45. The van der Waals surface area contributed by atoms with E-state index in [9.17, 15) is 4.79 Å². The zero-order chi connectivity index (χ0) is 15.4. The van der Waals surface area contributed by atoms with Crippen molar-refractivity contribution in [1.82, 2.24) is 5.32 Å². The minimum absolute atomic E-state index is 0.160. The molecular formula is C17H20N4O. The van der Waals surface area contributed by atoms with E-state index in [4.69, 9.17) is 5.73 Å². The van der Waals surface area contributed by atoms with Crippen molar-refractivity contribution in [3.63, 3.8) is 0 Å². The molecule has 5 nitrogen and oxygen atoms in total. The Morgan fingerprint density at radius 2 is 1.91 bits per heavy atom. The third-order valence-corrected chi connectivity index (χ3v) is 3.79. The van der Waals surface area contributed by atoms with E-state index in [1.165, 1.54) is 0 Å². The molecular weight excluding hydrogens is 276 g/mol. The molecule has 0 radical (unpaired) electrons. The smallest absolute Gasteiger partial charge is 0.255 e. The monoisotopic (exact) mass is 296 g/mol. The summed E-state index contributed by atoms with van der Waals surface area (Å²) in [4.78, 5) is 12.2. The number of amides is 1. The molecule has 1 heterocycles. The highest BCUT2D eigenvalue weighted by atomic mass is 16.1. The molecule has 2 aromatic rings. The van der Waals surface area contributed by atoms with Gasteiger partial charge < -0.3 is 21.7 Å². The van der Waals surface area contributed by atoms with E-state index in [1.807, 2.05) is 36.4 Å². The third kappa shape index (κ3) is 3.38. The Hall–Kier alpha value is -2.53. The van der Waals surface area contributed by atoms with E-state index in [-0.39, 0.29) is 5.91 Å². The van der Waals surface area contributed by atoms with Gasteiger partial charge in [-0.25, -0.2) is 0 Å². The predicted molar refractivity (Wildman–Crippen MR) is 90.1 cm³/mol. The summed E-state index contributed by atoms with van der Waals surface area (Å²) >= 11 is 0. The van der Waals surface area contributed by atoms with Gasteiger partial charge in [0.25, 0.3) is 5.91 Å². The van der Waals surface area contributed by atoms with Crippen LogP contribution in [0, 0.1) is 0 Å². The molecule has 1 aliphatic heterocycles. The van der Waals surface area contributed by atoms with E-state index in [2.05, 4.69) is 16.0 Å². The summed E-state index contributed by atoms with van der Waals surface area (Å²) in [5.41, 5.74) is 8.66. The lowest BCUT2D eigenvalue weighted by atomic mass is 10.1. The van der Waals surface area contributed by atoms with Gasteiger partial charge in [-0.05, 0) is 49.4 Å². The van der Waals surface area contributed by atoms with E-state index < -0.39 is 0 Å². The molecule has 0 saturated carbocycles. The van der Waals surface area contributed by atoms with Gasteiger partial charge in [-0.2, -0.15) is 0 Å². The maximum absolute atomic E-state index is 12.2. The number of benzene rings is 2. The fourth-order valence-electron chi connectivity index (χ4n) is 2.54. The summed E-state index contributed by atoms with van der Waals surface area (Å²) in [7, 11) is 0. The lowest BCUT2D eigenvalue weighted by molar-refractivity contribution is 0.102. The third-order valence-electron chi connectivity index (χ3n) is 3.79. The highest BCUT2D eigenvalue weighted by Crippen LogP contribution is 2.19. The first-order chi connectivity index (χ1) is 10.7. The molecule has 5 heteroatoms. The molecule has 114 valence electrons. The van der Waals surface area contributed by atoms with Gasteiger partial charge in [0.05, 0.1) is 11.4 Å². The topological polar surface area (TPSA) is 79.2 Å². The van der Waals surface area contributed by atoms with Gasteiger partial charge in [0, 0.05) is 23.8 Å². The Balaban J connectivity index is 1.64. The van der Waals surface area contributed by atoms with Crippen molar-refractivity contribution in [1.29, 1.82) is 0 Å². The molecule has 0 aromatic heterocycles. The zero-order valence-corrected chi connectivity index (χ0v) is 12.3. The minimum atomic E-state index is -0.160. The van der Waals surface area contributed by atoms with E-state index in [1.54, 1.807) is 12.1 Å². The van der Waals surface area contributed by atoms with Crippen molar-refractivity contribution in [3.05, 3.63) is 54.1 Å². The summed E-state index contributed by atoms with van der Waals surface area (Å²) in [5, 5.41) is 9.59. The van der Waals surface area contributed by atoms with Crippen molar-refractivity contribution in [2.24, 2.45) is 0 Å². The second kappa shape index (κ2) is 6.49. The van der Waals surface area contributed by atoms with Crippen LogP contribution in [0.1, 0.15) is 16.8 Å². The lowest BCUT2D eigenvalue weighted by Gasteiger charge is -2.13. The van der Waals surface area contributed by atoms with Gasteiger partial charge in [0.15, 0.2) is 0 Å². The normalized spacial score (nSPS) is 17.2. The van der Waals surface area contributed by atoms with Crippen molar-refractivity contribution >= 4 is 23.0 Å². The van der Waals surface area contributed by atoms with Gasteiger partial charge in [-0.15, -0.1) is 0 Å². The molecule has 1 aliphatic rings. The second-order valence-corrected chi connectivity index (χ2v) is 5.45. The van der Waals surface area contributed by atoms with Crippen LogP contribution in [0.4, 0.5) is 17.1 Å². The van der Waals surface area contributed by atoms with Crippen LogP contribution >= 0.6 is 0 Å². The molecule has 1 atom stereocenters. The maximum atomic E-state index is 12.2. The molecule has 0 aliphatic carbocycles. The Morgan fingerprint density at radius 1 is 1.14 bits per heavy atom. The Morgan fingerprint density at radius 3 is 2.59 bits per heavy atom. The van der Waals surface area contributed by atoms with Crippen molar-refractivity contribution in [2.45, 2.75) is 12.5 Å². The molecule has 1 saturated heterocycles. The zero-order valence-electron chi connectivity index (χ0n) is 12.3. The number of anilines is 3. The maximum Gasteiger partial charge on any atom is 0.255 e. The number of hydrogen-bond donors (Lipinski definition) is 4. The van der Waals surface area contributed by atoms with E-state index >= 15 is 0 Å². The highest BCUT2D eigenvalue weighted by Gasteiger charge is 2.14. The average Bonchev–Trinajstić information content (AvgIpc) is 3.03. The van der Waals surface area contributed by atoms with E-state index in [0.29, 0.717) is 23.0 Å². The van der Waals surface area contributed by atoms with Gasteiger partial charge in [0.2, 0.25) is 0 Å². The number of nitrogens with two attached hydrogens (primary N) is 1. The summed E-state index contributed by atoms with van der Waals surface area (Å²) in [6.07, 6.45) is 1.12. The quantitative estimate of drug-likeness (QED) is 0.653. The Kier molecular flexibility index (Phi) is 4.25. The molecule has 0 unspecified atom stereocenters. The van der Waals surface area contributed by atoms with Gasteiger partial charge in [-0.1, -0.05) is 12.1 Å². The summed E-state index contributed by atoms with van der Waals surface area (Å²) in [6.45, 7) is 2.03. The number of carbonyl (C=O) groups is 1. The van der Waals surface area contributed by atoms with Crippen LogP contribution in [-0.4, -0.2) is 25.0 Å². The molecule has 0 bridgehead atoms. The first kappa shape index (κ1) is 14.4. The average molecular weight is 296 g/mol. The Labute approximate surface area is 129 Å². The Bertz CT molecular complexity index is 648. The van der Waals surface area contributed by atoms with Crippen LogP contribution in [0.5, 0.6) is 0 Å². The fourth-order valence-corrected chi connectivity index (χ4v) is 2.54. The van der Waals surface area contributed by atoms with Gasteiger partial charge >= 0.3 is 0 Å². The molecule has 0 spiro atoms.